The Kier molecular flexibility index (Phi) is 4.13. The van der Waals surface area contributed by atoms with E-state index in [0.29, 0.717) is 0 Å². The number of hydrogen-bond acceptors (Lipinski definition) is 0. The summed E-state index contributed by atoms with van der Waals surface area (Å²) in [5, 5.41) is 1.32. The number of halogens is 1. The number of aromatic nitrogens is 1. The van der Waals surface area contributed by atoms with Crippen LogP contribution in [0, 0.1) is 0 Å². The molecular weight excluding hydrogens is 301 g/mol. The van der Waals surface area contributed by atoms with Crippen LogP contribution in [0.15, 0.2) is 30.3 Å². The molecular formula is C20H32FNSi. The molecule has 0 unspecified atom stereocenters. The van der Waals surface area contributed by atoms with Gasteiger partial charge < -0.3 is 8.67 Å². The topological polar surface area (TPSA) is 4.93 Å². The molecule has 0 amide bonds. The van der Waals surface area contributed by atoms with Gasteiger partial charge in [0.15, 0.2) is 0 Å². The fourth-order valence-corrected chi connectivity index (χ4v) is 8.93. The second kappa shape index (κ2) is 5.20. The van der Waals surface area contributed by atoms with Crippen LogP contribution in [0.3, 0.4) is 0 Å². The van der Waals surface area contributed by atoms with Crippen LogP contribution in [0.2, 0.25) is 10.1 Å². The van der Waals surface area contributed by atoms with Crippen molar-refractivity contribution >= 4 is 24.6 Å². The third-order valence-electron chi connectivity index (χ3n) is 4.80. The maximum absolute atomic E-state index is 16.9. The summed E-state index contributed by atoms with van der Waals surface area (Å²) in [7, 11) is -3.30. The van der Waals surface area contributed by atoms with Gasteiger partial charge in [0.25, 0.3) is 0 Å². The molecule has 1 aromatic heterocycles. The predicted molar refractivity (Wildman–Crippen MR) is 103 cm³/mol. The Morgan fingerprint density at radius 1 is 0.826 bits per heavy atom. The fraction of sp³-hybridized carbons (Fsp3) is 0.600. The van der Waals surface area contributed by atoms with Crippen molar-refractivity contribution in [3.05, 3.63) is 30.3 Å². The van der Waals surface area contributed by atoms with E-state index in [1.807, 2.05) is 12.1 Å². The van der Waals surface area contributed by atoms with Gasteiger partial charge in [-0.15, -0.1) is 0 Å². The van der Waals surface area contributed by atoms with Crippen LogP contribution in [0.25, 0.3) is 10.9 Å². The van der Waals surface area contributed by atoms with E-state index in [4.69, 9.17) is 0 Å². The highest BCUT2D eigenvalue weighted by atomic mass is 28.4. The average molecular weight is 334 g/mol. The molecule has 0 aliphatic rings. The van der Waals surface area contributed by atoms with Gasteiger partial charge in [-0.05, 0) is 48.4 Å². The monoisotopic (exact) mass is 333 g/mol. The molecule has 1 heterocycles. The van der Waals surface area contributed by atoms with Gasteiger partial charge in [-0.1, -0.05) is 59.7 Å². The van der Waals surface area contributed by atoms with Crippen molar-refractivity contribution in [3.8, 4) is 0 Å². The highest BCUT2D eigenvalue weighted by Crippen LogP contribution is 2.52. The zero-order valence-electron chi connectivity index (χ0n) is 16.2. The number of nitrogens with zero attached hydrogens (tertiary/aromatic N) is 1. The largest absolute Gasteiger partial charge is 0.340 e. The second-order valence-corrected chi connectivity index (χ2v) is 14.6. The zero-order chi connectivity index (χ0) is 17.8. The Bertz CT molecular complexity index is 694. The Hall–Kier alpha value is -1.09. The van der Waals surface area contributed by atoms with E-state index in [-0.39, 0.29) is 15.6 Å². The van der Waals surface area contributed by atoms with Gasteiger partial charge in [0.1, 0.15) is 0 Å². The summed E-state index contributed by atoms with van der Waals surface area (Å²) >= 11 is 0. The van der Waals surface area contributed by atoms with Gasteiger partial charge >= 0.3 is 8.41 Å². The van der Waals surface area contributed by atoms with Gasteiger partial charge in [0, 0.05) is 16.4 Å². The molecule has 0 saturated heterocycles. The van der Waals surface area contributed by atoms with Crippen LogP contribution in [0.5, 0.6) is 0 Å². The minimum absolute atomic E-state index is 0.153. The predicted octanol–water partition coefficient (Wildman–Crippen LogP) is 6.12. The van der Waals surface area contributed by atoms with Crippen molar-refractivity contribution in [2.24, 2.45) is 0 Å². The van der Waals surface area contributed by atoms with E-state index in [2.05, 4.69) is 85.1 Å². The summed E-state index contributed by atoms with van der Waals surface area (Å²) in [6.45, 7) is 18.9. The zero-order valence-corrected chi connectivity index (χ0v) is 17.2. The standard InChI is InChI=1S/C20H32FNSi/c1-18(2,3)22-16-13-11-10-12-15(16)14-17(22)23(21,19(4,5)6)20(7,8)9/h10-14H,1-9H3. The summed E-state index contributed by atoms with van der Waals surface area (Å²) in [5.41, 5.74) is 0.984. The molecule has 23 heavy (non-hydrogen) atoms. The molecule has 0 atom stereocenters. The SMILES string of the molecule is CC(C)(C)n1c([Si](F)(C(C)(C)C)C(C)(C)C)cc2ccccc21. The molecule has 2 aromatic rings. The van der Waals surface area contributed by atoms with E-state index in [1.165, 1.54) is 0 Å². The molecule has 0 bridgehead atoms. The van der Waals surface area contributed by atoms with Crippen molar-refractivity contribution in [3.63, 3.8) is 0 Å². The molecule has 0 N–H and O–H groups in total. The van der Waals surface area contributed by atoms with Gasteiger partial charge in [0.05, 0.1) is 0 Å². The highest BCUT2D eigenvalue weighted by Gasteiger charge is 2.59. The third kappa shape index (κ3) is 2.77. The summed E-state index contributed by atoms with van der Waals surface area (Å²) in [6, 6.07) is 10.4. The molecule has 0 aliphatic heterocycles. The van der Waals surface area contributed by atoms with Crippen molar-refractivity contribution in [2.75, 3.05) is 0 Å². The van der Waals surface area contributed by atoms with Crippen LogP contribution >= 0.6 is 0 Å². The summed E-state index contributed by atoms with van der Waals surface area (Å²) in [5.74, 6) is 0. The molecule has 0 radical (unpaired) electrons. The quantitative estimate of drug-likeness (QED) is 0.438. The lowest BCUT2D eigenvalue weighted by atomic mass is 10.1. The molecule has 3 heteroatoms. The molecule has 0 saturated carbocycles. The lowest BCUT2D eigenvalue weighted by Crippen LogP contribution is -2.61. The Labute approximate surface area is 142 Å². The molecule has 0 aliphatic carbocycles. The molecule has 128 valence electrons. The van der Waals surface area contributed by atoms with E-state index in [9.17, 15) is 0 Å². The smallest absolute Gasteiger partial charge is 0.304 e. The number of rotatable bonds is 1. The Morgan fingerprint density at radius 2 is 1.30 bits per heavy atom. The first kappa shape index (κ1) is 18.2. The third-order valence-corrected chi connectivity index (χ3v) is 10.0. The molecule has 1 nitrogen and oxygen atoms in total. The molecule has 0 spiro atoms. The van der Waals surface area contributed by atoms with Gasteiger partial charge in [-0.25, -0.2) is 0 Å². The van der Waals surface area contributed by atoms with E-state index in [0.717, 1.165) is 16.2 Å². The number of para-hydroxylation sites is 1. The minimum atomic E-state index is -3.30. The van der Waals surface area contributed by atoms with Gasteiger partial charge in [0.2, 0.25) is 0 Å². The summed E-state index contributed by atoms with van der Waals surface area (Å²) in [6.07, 6.45) is 0. The Balaban J connectivity index is 2.96. The summed E-state index contributed by atoms with van der Waals surface area (Å²) < 4.78 is 19.1. The van der Waals surface area contributed by atoms with Crippen LogP contribution in [-0.2, 0) is 5.54 Å². The van der Waals surface area contributed by atoms with Crippen molar-refractivity contribution in [2.45, 2.75) is 77.9 Å². The number of benzene rings is 1. The Morgan fingerprint density at radius 3 is 1.74 bits per heavy atom. The fourth-order valence-electron chi connectivity index (χ4n) is 4.02. The molecule has 0 fully saturated rings. The highest BCUT2D eigenvalue weighted by molar-refractivity contribution is 6.90. The minimum Gasteiger partial charge on any atom is -0.340 e. The molecule has 1 aromatic carbocycles. The molecule has 2 rings (SSSR count). The van der Waals surface area contributed by atoms with E-state index < -0.39 is 8.41 Å². The van der Waals surface area contributed by atoms with Crippen molar-refractivity contribution in [1.82, 2.24) is 4.57 Å². The lowest BCUT2D eigenvalue weighted by molar-refractivity contribution is 0.412. The average Bonchev–Trinajstić information content (AvgIpc) is 2.73. The van der Waals surface area contributed by atoms with E-state index >= 15 is 4.11 Å². The van der Waals surface area contributed by atoms with Gasteiger partial charge in [-0.3, -0.25) is 0 Å². The van der Waals surface area contributed by atoms with Crippen LogP contribution < -0.4 is 5.32 Å². The normalized spacial score (nSPS) is 14.5. The van der Waals surface area contributed by atoms with Crippen LogP contribution in [0.1, 0.15) is 62.3 Å². The van der Waals surface area contributed by atoms with Crippen molar-refractivity contribution < 1.29 is 4.11 Å². The number of fused-ring (bicyclic) bond motifs is 1. The first-order valence-corrected chi connectivity index (χ1v) is 10.4. The van der Waals surface area contributed by atoms with Gasteiger partial charge in [-0.2, -0.15) is 0 Å². The van der Waals surface area contributed by atoms with Crippen LogP contribution in [-0.4, -0.2) is 13.0 Å². The van der Waals surface area contributed by atoms with E-state index in [1.54, 1.807) is 0 Å². The first-order chi connectivity index (χ1) is 10.2. The maximum atomic E-state index is 16.9. The number of hydrogen-bond donors (Lipinski definition) is 0. The van der Waals surface area contributed by atoms with Crippen LogP contribution in [0.4, 0.5) is 4.11 Å². The first-order valence-electron chi connectivity index (χ1n) is 8.51. The summed E-state index contributed by atoms with van der Waals surface area (Å²) in [4.78, 5) is 0. The second-order valence-electron chi connectivity index (χ2n) is 9.75. The van der Waals surface area contributed by atoms with Crippen molar-refractivity contribution in [1.29, 1.82) is 0 Å². The maximum Gasteiger partial charge on any atom is 0.304 e. The lowest BCUT2D eigenvalue weighted by Gasteiger charge is -2.46.